The van der Waals surface area contributed by atoms with Gasteiger partial charge in [0.1, 0.15) is 0 Å². The Morgan fingerprint density at radius 1 is 1.30 bits per heavy atom. The highest BCUT2D eigenvalue weighted by molar-refractivity contribution is 5.98. The van der Waals surface area contributed by atoms with E-state index in [2.05, 4.69) is 61.9 Å². The number of benzene rings is 1. The molecule has 110 valence electrons. The first-order chi connectivity index (χ1) is 9.52. The molecule has 1 aliphatic rings. The summed E-state index contributed by atoms with van der Waals surface area (Å²) in [7, 11) is 0. The van der Waals surface area contributed by atoms with E-state index in [-0.39, 0.29) is 5.54 Å². The van der Waals surface area contributed by atoms with Crippen LogP contribution in [-0.4, -0.2) is 18.0 Å². The van der Waals surface area contributed by atoms with Gasteiger partial charge in [0.05, 0.1) is 12.1 Å². The van der Waals surface area contributed by atoms with Gasteiger partial charge in [0, 0.05) is 5.69 Å². The standard InChI is InChI=1S/C17H27N3/c1-5-13(3)11-17(6-2)12-19-16(18)20(17)15-9-7-14(4)8-10-15/h7-10,13H,5-6,11-12H2,1-4H3,(H2,18,19). The molecule has 0 saturated heterocycles. The molecule has 0 amide bonds. The molecule has 1 aromatic carbocycles. The number of nitrogens with two attached hydrogens (primary N) is 1. The minimum absolute atomic E-state index is 0.0504. The van der Waals surface area contributed by atoms with Gasteiger partial charge < -0.3 is 10.6 Å². The Labute approximate surface area is 122 Å². The SMILES string of the molecule is CCC(C)CC1(CC)CN=C(N)N1c1ccc(C)cc1. The lowest BCUT2D eigenvalue weighted by atomic mass is 9.83. The molecule has 1 heterocycles. The lowest BCUT2D eigenvalue weighted by Crippen LogP contribution is -2.52. The quantitative estimate of drug-likeness (QED) is 0.888. The second-order valence-electron chi connectivity index (χ2n) is 6.14. The summed E-state index contributed by atoms with van der Waals surface area (Å²) in [5, 5.41) is 0. The van der Waals surface area contributed by atoms with Crippen LogP contribution < -0.4 is 10.6 Å². The molecule has 1 aromatic rings. The molecule has 0 bridgehead atoms. The average Bonchev–Trinajstić information content (AvgIpc) is 2.77. The molecule has 2 rings (SSSR count). The Kier molecular flexibility index (Phi) is 4.36. The lowest BCUT2D eigenvalue weighted by molar-refractivity contribution is 0.333. The fraction of sp³-hybridized carbons (Fsp3) is 0.588. The Morgan fingerprint density at radius 2 is 1.95 bits per heavy atom. The van der Waals surface area contributed by atoms with Crippen LogP contribution in [0.15, 0.2) is 29.3 Å². The van der Waals surface area contributed by atoms with Crippen LogP contribution in [0.4, 0.5) is 5.69 Å². The third-order valence-corrected chi connectivity index (χ3v) is 4.61. The van der Waals surface area contributed by atoms with Crippen molar-refractivity contribution in [1.29, 1.82) is 0 Å². The number of anilines is 1. The maximum Gasteiger partial charge on any atom is 0.196 e. The molecule has 2 unspecified atom stereocenters. The van der Waals surface area contributed by atoms with Gasteiger partial charge in [-0.15, -0.1) is 0 Å². The Morgan fingerprint density at radius 3 is 2.50 bits per heavy atom. The van der Waals surface area contributed by atoms with E-state index in [9.17, 15) is 0 Å². The summed E-state index contributed by atoms with van der Waals surface area (Å²) >= 11 is 0. The van der Waals surface area contributed by atoms with E-state index < -0.39 is 0 Å². The molecule has 0 radical (unpaired) electrons. The molecule has 1 aliphatic heterocycles. The number of hydrogen-bond acceptors (Lipinski definition) is 3. The van der Waals surface area contributed by atoms with Gasteiger partial charge in [0.25, 0.3) is 0 Å². The number of hydrogen-bond donors (Lipinski definition) is 1. The summed E-state index contributed by atoms with van der Waals surface area (Å²) in [6, 6.07) is 8.60. The zero-order valence-electron chi connectivity index (χ0n) is 13.2. The van der Waals surface area contributed by atoms with Crippen LogP contribution in [0.5, 0.6) is 0 Å². The number of guanidine groups is 1. The summed E-state index contributed by atoms with van der Waals surface area (Å²) in [6.07, 6.45) is 3.40. The minimum Gasteiger partial charge on any atom is -0.369 e. The maximum atomic E-state index is 6.19. The van der Waals surface area contributed by atoms with Gasteiger partial charge in [-0.25, -0.2) is 0 Å². The molecule has 0 aliphatic carbocycles. The molecular formula is C17H27N3. The summed E-state index contributed by atoms with van der Waals surface area (Å²) in [5.74, 6) is 1.35. The zero-order chi connectivity index (χ0) is 14.8. The van der Waals surface area contributed by atoms with Crippen molar-refractivity contribution in [1.82, 2.24) is 0 Å². The van der Waals surface area contributed by atoms with E-state index in [4.69, 9.17) is 5.73 Å². The van der Waals surface area contributed by atoms with E-state index in [1.54, 1.807) is 0 Å². The van der Waals surface area contributed by atoms with Gasteiger partial charge in [-0.05, 0) is 37.8 Å². The van der Waals surface area contributed by atoms with E-state index in [0.29, 0.717) is 11.9 Å². The molecule has 0 aromatic heterocycles. The summed E-state index contributed by atoms with van der Waals surface area (Å²) < 4.78 is 0. The van der Waals surface area contributed by atoms with Crippen LogP contribution in [0, 0.1) is 12.8 Å². The fourth-order valence-corrected chi connectivity index (χ4v) is 3.08. The second kappa shape index (κ2) is 5.86. The smallest absolute Gasteiger partial charge is 0.196 e. The Balaban J connectivity index is 2.34. The number of aryl methyl sites for hydroxylation is 1. The molecule has 3 heteroatoms. The van der Waals surface area contributed by atoms with Gasteiger partial charge in [-0.3, -0.25) is 4.99 Å². The van der Waals surface area contributed by atoms with Crippen molar-refractivity contribution in [3.8, 4) is 0 Å². The van der Waals surface area contributed by atoms with Crippen molar-refractivity contribution < 1.29 is 0 Å². The molecule has 3 nitrogen and oxygen atoms in total. The predicted octanol–water partition coefficient (Wildman–Crippen LogP) is 3.71. The van der Waals surface area contributed by atoms with Gasteiger partial charge in [-0.2, -0.15) is 0 Å². The third-order valence-electron chi connectivity index (χ3n) is 4.61. The predicted molar refractivity (Wildman–Crippen MR) is 87.2 cm³/mol. The van der Waals surface area contributed by atoms with E-state index >= 15 is 0 Å². The summed E-state index contributed by atoms with van der Waals surface area (Å²) in [5.41, 5.74) is 8.68. The highest BCUT2D eigenvalue weighted by Gasteiger charge is 2.42. The second-order valence-corrected chi connectivity index (χ2v) is 6.14. The highest BCUT2D eigenvalue weighted by atomic mass is 15.4. The fourth-order valence-electron chi connectivity index (χ4n) is 3.08. The molecule has 20 heavy (non-hydrogen) atoms. The van der Waals surface area contributed by atoms with Crippen LogP contribution in [0.3, 0.4) is 0 Å². The third kappa shape index (κ3) is 2.67. The monoisotopic (exact) mass is 273 g/mol. The number of nitrogens with zero attached hydrogens (tertiary/aromatic N) is 2. The van der Waals surface area contributed by atoms with E-state index in [0.717, 1.165) is 19.4 Å². The van der Waals surface area contributed by atoms with Crippen LogP contribution in [0.25, 0.3) is 0 Å². The maximum absolute atomic E-state index is 6.19. The van der Waals surface area contributed by atoms with Crippen LogP contribution in [-0.2, 0) is 0 Å². The van der Waals surface area contributed by atoms with Crippen molar-refractivity contribution in [3.63, 3.8) is 0 Å². The van der Waals surface area contributed by atoms with Crippen molar-refractivity contribution in [2.24, 2.45) is 16.6 Å². The topological polar surface area (TPSA) is 41.6 Å². The summed E-state index contributed by atoms with van der Waals surface area (Å²) in [6.45, 7) is 9.74. The highest BCUT2D eigenvalue weighted by Crippen LogP contribution is 2.36. The van der Waals surface area contributed by atoms with Gasteiger partial charge >= 0.3 is 0 Å². The molecule has 0 fully saturated rings. The molecule has 0 spiro atoms. The zero-order valence-corrected chi connectivity index (χ0v) is 13.2. The molecule has 0 saturated carbocycles. The van der Waals surface area contributed by atoms with Crippen LogP contribution in [0.1, 0.15) is 45.6 Å². The summed E-state index contributed by atoms with van der Waals surface area (Å²) in [4.78, 5) is 6.81. The van der Waals surface area contributed by atoms with Crippen molar-refractivity contribution >= 4 is 11.6 Å². The molecule has 2 atom stereocenters. The van der Waals surface area contributed by atoms with Gasteiger partial charge in [0.15, 0.2) is 5.96 Å². The number of aliphatic imine (C=N–C) groups is 1. The first kappa shape index (κ1) is 14.9. The van der Waals surface area contributed by atoms with Gasteiger partial charge in [0.2, 0.25) is 0 Å². The normalized spacial score (nSPS) is 23.8. The van der Waals surface area contributed by atoms with Crippen LogP contribution in [0.2, 0.25) is 0 Å². The van der Waals surface area contributed by atoms with Gasteiger partial charge in [-0.1, -0.05) is 44.9 Å². The Bertz CT molecular complexity index is 478. The first-order valence-corrected chi connectivity index (χ1v) is 7.69. The lowest BCUT2D eigenvalue weighted by Gasteiger charge is -2.40. The first-order valence-electron chi connectivity index (χ1n) is 7.69. The van der Waals surface area contributed by atoms with Crippen molar-refractivity contribution in [2.75, 3.05) is 11.4 Å². The van der Waals surface area contributed by atoms with E-state index in [1.807, 2.05) is 0 Å². The van der Waals surface area contributed by atoms with Crippen molar-refractivity contribution in [3.05, 3.63) is 29.8 Å². The van der Waals surface area contributed by atoms with E-state index in [1.165, 1.54) is 17.7 Å². The number of rotatable bonds is 5. The van der Waals surface area contributed by atoms with Crippen LogP contribution >= 0.6 is 0 Å². The minimum atomic E-state index is 0.0504. The largest absolute Gasteiger partial charge is 0.369 e. The van der Waals surface area contributed by atoms with Crippen molar-refractivity contribution in [2.45, 2.75) is 52.5 Å². The average molecular weight is 273 g/mol. The molecule has 2 N–H and O–H groups in total. The molecular weight excluding hydrogens is 246 g/mol. The Hall–Kier alpha value is -1.51.